The van der Waals surface area contributed by atoms with Crippen LogP contribution < -0.4 is 5.32 Å². The Morgan fingerprint density at radius 3 is 2.94 bits per heavy atom. The second-order valence-corrected chi connectivity index (χ2v) is 6.32. The molecule has 0 unspecified atom stereocenters. The van der Waals surface area contributed by atoms with E-state index in [0.29, 0.717) is 4.75 Å². The number of hydrogen-bond acceptors (Lipinski definition) is 4. The molecule has 2 heterocycles. The zero-order valence-corrected chi connectivity index (χ0v) is 11.6. The lowest BCUT2D eigenvalue weighted by Gasteiger charge is -2.40. The highest BCUT2D eigenvalue weighted by atomic mass is 32.2. The molecular weight excluding hydrogens is 244 g/mol. The summed E-state index contributed by atoms with van der Waals surface area (Å²) in [5.41, 5.74) is 2.12. The third kappa shape index (κ3) is 1.96. The number of fused-ring (bicyclic) bond motifs is 1. The first-order valence-corrected chi connectivity index (χ1v) is 7.54. The highest BCUT2D eigenvalue weighted by Gasteiger charge is 2.35. The van der Waals surface area contributed by atoms with Gasteiger partial charge < -0.3 is 5.32 Å². The molecule has 5 heteroatoms. The van der Waals surface area contributed by atoms with E-state index in [0.717, 1.165) is 18.0 Å². The van der Waals surface area contributed by atoms with Crippen LogP contribution in [0.2, 0.25) is 0 Å². The average Bonchev–Trinajstić information content (AvgIpc) is 2.75. The van der Waals surface area contributed by atoms with Gasteiger partial charge in [0, 0.05) is 11.3 Å². The van der Waals surface area contributed by atoms with E-state index in [-0.39, 0.29) is 0 Å². The molecule has 3 rings (SSSR count). The maximum atomic E-state index is 4.27. The smallest absolute Gasteiger partial charge is 0.157 e. The normalized spacial score (nSPS) is 17.7. The summed E-state index contributed by atoms with van der Waals surface area (Å²) in [5, 5.41) is 7.81. The predicted octanol–water partition coefficient (Wildman–Crippen LogP) is 2.74. The average molecular weight is 262 g/mol. The van der Waals surface area contributed by atoms with Crippen LogP contribution >= 0.6 is 11.8 Å². The molecule has 1 aliphatic carbocycles. The van der Waals surface area contributed by atoms with Gasteiger partial charge in [-0.25, -0.2) is 4.98 Å². The third-order valence-corrected chi connectivity index (χ3v) is 5.23. The maximum absolute atomic E-state index is 4.27. The van der Waals surface area contributed by atoms with E-state index in [1.54, 1.807) is 6.33 Å². The lowest BCUT2D eigenvalue weighted by atomic mass is 9.84. The Hall–Kier alpha value is -1.23. The van der Waals surface area contributed by atoms with Gasteiger partial charge in [-0.2, -0.15) is 21.4 Å². The fourth-order valence-corrected chi connectivity index (χ4v) is 3.37. The molecule has 1 aliphatic rings. The van der Waals surface area contributed by atoms with Crippen molar-refractivity contribution in [3.8, 4) is 0 Å². The number of aromatic nitrogens is 3. The molecule has 0 atom stereocenters. The Kier molecular flexibility index (Phi) is 2.93. The lowest BCUT2D eigenvalue weighted by Crippen LogP contribution is -2.40. The molecule has 0 spiro atoms. The van der Waals surface area contributed by atoms with Gasteiger partial charge in [-0.3, -0.25) is 0 Å². The van der Waals surface area contributed by atoms with Gasteiger partial charge in [0.1, 0.15) is 12.1 Å². The molecule has 0 radical (unpaired) electrons. The highest BCUT2D eigenvalue weighted by Crippen LogP contribution is 2.42. The largest absolute Gasteiger partial charge is 0.369 e. The van der Waals surface area contributed by atoms with Crippen LogP contribution in [0.3, 0.4) is 0 Å². The molecule has 0 amide bonds. The van der Waals surface area contributed by atoms with E-state index < -0.39 is 0 Å². The summed E-state index contributed by atoms with van der Waals surface area (Å²) in [6.45, 7) is 3.10. The zero-order chi connectivity index (χ0) is 12.6. The minimum Gasteiger partial charge on any atom is -0.369 e. The molecule has 0 saturated heterocycles. The number of anilines is 1. The Bertz CT molecular complexity index is 554. The second kappa shape index (κ2) is 4.46. The highest BCUT2D eigenvalue weighted by molar-refractivity contribution is 8.00. The van der Waals surface area contributed by atoms with Crippen LogP contribution in [0.5, 0.6) is 0 Å². The third-order valence-electron chi connectivity index (χ3n) is 3.81. The van der Waals surface area contributed by atoms with Gasteiger partial charge in [0.25, 0.3) is 0 Å². The van der Waals surface area contributed by atoms with Crippen LogP contribution in [0.1, 0.15) is 24.8 Å². The van der Waals surface area contributed by atoms with Crippen molar-refractivity contribution in [2.24, 2.45) is 0 Å². The summed E-state index contributed by atoms with van der Waals surface area (Å²) in [4.78, 5) is 4.25. The van der Waals surface area contributed by atoms with Gasteiger partial charge in [0.15, 0.2) is 5.65 Å². The first-order valence-electron chi connectivity index (χ1n) is 6.32. The quantitative estimate of drug-likeness (QED) is 0.920. The Morgan fingerprint density at radius 1 is 1.44 bits per heavy atom. The van der Waals surface area contributed by atoms with Crippen molar-refractivity contribution in [2.75, 3.05) is 18.1 Å². The minimum atomic E-state index is 0.427. The Balaban J connectivity index is 1.83. The number of aryl methyl sites for hydroxylation is 1. The van der Waals surface area contributed by atoms with E-state index in [4.69, 9.17) is 0 Å². The molecule has 1 saturated carbocycles. The summed E-state index contributed by atoms with van der Waals surface area (Å²) in [7, 11) is 0. The molecule has 0 bridgehead atoms. The van der Waals surface area contributed by atoms with Crippen molar-refractivity contribution < 1.29 is 0 Å². The van der Waals surface area contributed by atoms with Crippen LogP contribution in [0, 0.1) is 6.92 Å². The summed E-state index contributed by atoms with van der Waals surface area (Å²) in [5.74, 6) is 1.04. The number of nitrogens with zero attached hydrogens (tertiary/aromatic N) is 3. The molecule has 2 aromatic rings. The van der Waals surface area contributed by atoms with Crippen LogP contribution in [0.25, 0.3) is 5.65 Å². The number of pyridine rings is 1. The van der Waals surface area contributed by atoms with Gasteiger partial charge in [-0.1, -0.05) is 6.42 Å². The van der Waals surface area contributed by atoms with Crippen LogP contribution in [-0.4, -0.2) is 32.1 Å². The van der Waals surface area contributed by atoms with Gasteiger partial charge in [-0.15, -0.1) is 0 Å². The molecule has 1 N–H and O–H groups in total. The predicted molar refractivity (Wildman–Crippen MR) is 76.3 cm³/mol. The van der Waals surface area contributed by atoms with E-state index >= 15 is 0 Å². The fraction of sp³-hybridized carbons (Fsp3) is 0.538. The summed E-state index contributed by atoms with van der Waals surface area (Å²) < 4.78 is 2.30. The van der Waals surface area contributed by atoms with Crippen LogP contribution in [-0.2, 0) is 0 Å². The van der Waals surface area contributed by atoms with Gasteiger partial charge >= 0.3 is 0 Å². The van der Waals surface area contributed by atoms with Crippen molar-refractivity contribution in [3.05, 3.63) is 24.0 Å². The van der Waals surface area contributed by atoms with Gasteiger partial charge in [0.2, 0.25) is 0 Å². The molecule has 2 aromatic heterocycles. The van der Waals surface area contributed by atoms with Crippen molar-refractivity contribution in [3.63, 3.8) is 0 Å². The van der Waals surface area contributed by atoms with Crippen molar-refractivity contribution in [1.82, 2.24) is 14.6 Å². The summed E-state index contributed by atoms with van der Waals surface area (Å²) >= 11 is 1.98. The molecule has 1 fully saturated rings. The van der Waals surface area contributed by atoms with Crippen molar-refractivity contribution in [1.29, 1.82) is 0 Å². The topological polar surface area (TPSA) is 42.2 Å². The number of rotatable bonds is 4. The lowest BCUT2D eigenvalue weighted by molar-refractivity contribution is 0.379. The fourth-order valence-electron chi connectivity index (χ4n) is 2.46. The second-order valence-electron chi connectivity index (χ2n) is 5.04. The number of hydrogen-bond donors (Lipinski definition) is 1. The first kappa shape index (κ1) is 11.8. The Labute approximate surface area is 111 Å². The summed E-state index contributed by atoms with van der Waals surface area (Å²) in [6.07, 6.45) is 7.80. The van der Waals surface area contributed by atoms with Crippen LogP contribution in [0.4, 0.5) is 5.82 Å². The Morgan fingerprint density at radius 2 is 2.28 bits per heavy atom. The molecule has 0 aromatic carbocycles. The standard InChI is InChI=1S/C13H18N4S/c1-10-6-11(17-12(7-10)15-9-16-17)14-8-13(18-2)4-3-5-13/h6-7,9,14H,3-5,8H2,1-2H3. The van der Waals surface area contributed by atoms with Crippen molar-refractivity contribution >= 4 is 23.2 Å². The van der Waals surface area contributed by atoms with E-state index in [2.05, 4.69) is 34.6 Å². The number of nitrogens with one attached hydrogen (secondary N) is 1. The molecular formula is C13H18N4S. The molecule has 18 heavy (non-hydrogen) atoms. The zero-order valence-electron chi connectivity index (χ0n) is 10.8. The first-order chi connectivity index (χ1) is 8.72. The summed E-state index contributed by atoms with van der Waals surface area (Å²) in [6, 6.07) is 4.18. The van der Waals surface area contributed by atoms with E-state index in [1.807, 2.05) is 22.3 Å². The molecule has 96 valence electrons. The molecule has 0 aliphatic heterocycles. The van der Waals surface area contributed by atoms with E-state index in [1.165, 1.54) is 24.8 Å². The van der Waals surface area contributed by atoms with Gasteiger partial charge in [-0.05, 0) is 43.7 Å². The maximum Gasteiger partial charge on any atom is 0.157 e. The van der Waals surface area contributed by atoms with Crippen molar-refractivity contribution in [2.45, 2.75) is 30.9 Å². The molecule has 4 nitrogen and oxygen atoms in total. The monoisotopic (exact) mass is 262 g/mol. The SMILES string of the molecule is CSC1(CNc2cc(C)cc3ncnn23)CCC1. The minimum absolute atomic E-state index is 0.427. The van der Waals surface area contributed by atoms with Crippen LogP contribution in [0.15, 0.2) is 18.5 Å². The van der Waals surface area contributed by atoms with E-state index in [9.17, 15) is 0 Å². The van der Waals surface area contributed by atoms with Gasteiger partial charge in [0.05, 0.1) is 0 Å². The number of thioether (sulfide) groups is 1.